The molecule has 0 saturated heterocycles. The molecule has 38 heavy (non-hydrogen) atoms. The molecule has 1 aliphatic rings. The smallest absolute Gasteiger partial charge is 0.338 e. The van der Waals surface area contributed by atoms with E-state index in [1.807, 2.05) is 73.7 Å². The van der Waals surface area contributed by atoms with Crippen molar-refractivity contribution < 1.29 is 19.0 Å². The highest BCUT2D eigenvalue weighted by molar-refractivity contribution is 7.07. The molecule has 0 aliphatic carbocycles. The number of carbonyl (C=O) groups is 1. The standard InChI is InChI=1S/C30H28N2O5S/c1-5-36-24-16-13-19-9-7-8-10-22(19)23(24)17-25-28(33)32-27(20-11-14-21(35-4)15-12-20)26(29(34)37-6-2)18(3)31-30(32)38-25/h7-17,27H,5-6H2,1-4H3/b25-17-. The summed E-state index contributed by atoms with van der Waals surface area (Å²) in [6, 6.07) is 18.6. The highest BCUT2D eigenvalue weighted by Crippen LogP contribution is 2.32. The van der Waals surface area contributed by atoms with E-state index < -0.39 is 12.0 Å². The topological polar surface area (TPSA) is 79.1 Å². The molecular formula is C30H28N2O5S. The number of ether oxygens (including phenoxy) is 3. The van der Waals surface area contributed by atoms with Crippen LogP contribution in [0.15, 0.2) is 81.7 Å². The molecule has 1 aliphatic heterocycles. The van der Waals surface area contributed by atoms with Crippen LogP contribution in [-0.2, 0) is 9.53 Å². The van der Waals surface area contributed by atoms with E-state index in [0.29, 0.717) is 38.7 Å². The number of rotatable bonds is 7. The first kappa shape index (κ1) is 25.5. The van der Waals surface area contributed by atoms with Crippen molar-refractivity contribution in [2.45, 2.75) is 26.8 Å². The highest BCUT2D eigenvalue weighted by atomic mass is 32.1. The second-order valence-electron chi connectivity index (χ2n) is 8.71. The van der Waals surface area contributed by atoms with Crippen LogP contribution in [0.2, 0.25) is 0 Å². The number of benzene rings is 3. The molecule has 7 nitrogen and oxygen atoms in total. The maximum atomic E-state index is 14.0. The van der Waals surface area contributed by atoms with Gasteiger partial charge in [-0.25, -0.2) is 9.79 Å². The average molecular weight is 529 g/mol. The monoisotopic (exact) mass is 528 g/mol. The van der Waals surface area contributed by atoms with Crippen molar-refractivity contribution in [2.75, 3.05) is 20.3 Å². The Morgan fingerprint density at radius 3 is 2.53 bits per heavy atom. The Morgan fingerprint density at radius 1 is 1.05 bits per heavy atom. The van der Waals surface area contributed by atoms with Gasteiger partial charge < -0.3 is 14.2 Å². The van der Waals surface area contributed by atoms with Crippen LogP contribution in [0, 0.1) is 0 Å². The number of allylic oxidation sites excluding steroid dienone is 1. The molecule has 0 saturated carbocycles. The van der Waals surface area contributed by atoms with Gasteiger partial charge >= 0.3 is 5.97 Å². The SMILES string of the molecule is CCOC(=O)C1=C(C)N=c2s/c(=C\c3c(OCC)ccc4ccccc34)c(=O)n2C1c1ccc(OC)cc1. The Labute approximate surface area is 223 Å². The summed E-state index contributed by atoms with van der Waals surface area (Å²) < 4.78 is 18.7. The van der Waals surface area contributed by atoms with E-state index in [2.05, 4.69) is 4.99 Å². The van der Waals surface area contributed by atoms with Crippen LogP contribution in [0.4, 0.5) is 0 Å². The zero-order valence-corrected chi connectivity index (χ0v) is 22.5. The van der Waals surface area contributed by atoms with Crippen LogP contribution < -0.4 is 24.4 Å². The van der Waals surface area contributed by atoms with Crippen LogP contribution in [0.1, 0.15) is 37.9 Å². The van der Waals surface area contributed by atoms with Gasteiger partial charge in [0.1, 0.15) is 11.5 Å². The fraction of sp³-hybridized carbons (Fsp3) is 0.233. The Bertz CT molecular complexity index is 1730. The third kappa shape index (κ3) is 4.52. The maximum Gasteiger partial charge on any atom is 0.338 e. The molecule has 1 atom stereocenters. The predicted octanol–water partition coefficient (Wildman–Crippen LogP) is 4.36. The first-order valence-electron chi connectivity index (χ1n) is 12.4. The first-order chi connectivity index (χ1) is 18.5. The lowest BCUT2D eigenvalue weighted by Gasteiger charge is -2.24. The highest BCUT2D eigenvalue weighted by Gasteiger charge is 2.33. The Kier molecular flexibility index (Phi) is 7.15. The van der Waals surface area contributed by atoms with E-state index in [1.165, 1.54) is 11.3 Å². The molecule has 0 radical (unpaired) electrons. The molecular weight excluding hydrogens is 500 g/mol. The number of esters is 1. The van der Waals surface area contributed by atoms with Crippen molar-refractivity contribution in [3.63, 3.8) is 0 Å². The average Bonchev–Trinajstić information content (AvgIpc) is 3.23. The van der Waals surface area contributed by atoms with Gasteiger partial charge in [0.25, 0.3) is 5.56 Å². The lowest BCUT2D eigenvalue weighted by Crippen LogP contribution is -2.39. The number of methoxy groups -OCH3 is 1. The second kappa shape index (κ2) is 10.7. The van der Waals surface area contributed by atoms with Crippen LogP contribution in [-0.4, -0.2) is 30.9 Å². The molecule has 1 unspecified atom stereocenters. The number of fused-ring (bicyclic) bond motifs is 2. The van der Waals surface area contributed by atoms with Crippen molar-refractivity contribution >= 4 is 34.2 Å². The summed E-state index contributed by atoms with van der Waals surface area (Å²) in [5, 5.41) is 2.03. The minimum absolute atomic E-state index is 0.219. The van der Waals surface area contributed by atoms with Crippen LogP contribution >= 0.6 is 11.3 Å². The number of hydrogen-bond donors (Lipinski definition) is 0. The van der Waals surface area contributed by atoms with Gasteiger partial charge in [-0.3, -0.25) is 9.36 Å². The molecule has 2 heterocycles. The molecule has 0 spiro atoms. The third-order valence-corrected chi connectivity index (χ3v) is 7.44. The molecule has 4 aromatic rings. The van der Waals surface area contributed by atoms with Gasteiger partial charge in [0.15, 0.2) is 4.80 Å². The molecule has 0 N–H and O–H groups in total. The molecule has 3 aromatic carbocycles. The molecule has 0 bridgehead atoms. The van der Waals surface area contributed by atoms with Gasteiger partial charge in [-0.2, -0.15) is 0 Å². The van der Waals surface area contributed by atoms with Gasteiger partial charge in [-0.1, -0.05) is 53.8 Å². The van der Waals surface area contributed by atoms with E-state index in [-0.39, 0.29) is 12.2 Å². The lowest BCUT2D eigenvalue weighted by atomic mass is 9.96. The van der Waals surface area contributed by atoms with Crippen LogP contribution in [0.5, 0.6) is 11.5 Å². The van der Waals surface area contributed by atoms with Gasteiger partial charge in [0.05, 0.1) is 42.2 Å². The lowest BCUT2D eigenvalue weighted by molar-refractivity contribution is -0.139. The van der Waals surface area contributed by atoms with Gasteiger partial charge in [-0.05, 0) is 61.4 Å². The number of nitrogens with zero attached hydrogens (tertiary/aromatic N) is 2. The van der Waals surface area contributed by atoms with Crippen LogP contribution in [0.3, 0.4) is 0 Å². The summed E-state index contributed by atoms with van der Waals surface area (Å²) >= 11 is 1.29. The number of thiazole rings is 1. The molecule has 0 amide bonds. The van der Waals surface area contributed by atoms with E-state index in [0.717, 1.165) is 21.9 Å². The summed E-state index contributed by atoms with van der Waals surface area (Å²) in [5.41, 5.74) is 2.22. The fourth-order valence-electron chi connectivity index (χ4n) is 4.73. The first-order valence-corrected chi connectivity index (χ1v) is 13.3. The quantitative estimate of drug-likeness (QED) is 0.333. The largest absolute Gasteiger partial charge is 0.497 e. The van der Waals surface area contributed by atoms with E-state index in [1.54, 1.807) is 25.5 Å². The molecule has 5 rings (SSSR count). The molecule has 0 fully saturated rings. The second-order valence-corrected chi connectivity index (χ2v) is 9.72. The third-order valence-electron chi connectivity index (χ3n) is 6.45. The van der Waals surface area contributed by atoms with Crippen LogP contribution in [0.25, 0.3) is 16.8 Å². The summed E-state index contributed by atoms with van der Waals surface area (Å²) in [4.78, 5) is 32.3. The molecule has 1 aromatic heterocycles. The number of aromatic nitrogens is 1. The summed E-state index contributed by atoms with van der Waals surface area (Å²) in [6.45, 7) is 6.18. The number of carbonyl (C=O) groups excluding carboxylic acids is 1. The van der Waals surface area contributed by atoms with Crippen molar-refractivity contribution in [3.05, 3.63) is 103 Å². The van der Waals surface area contributed by atoms with E-state index in [9.17, 15) is 9.59 Å². The zero-order valence-electron chi connectivity index (χ0n) is 21.7. The van der Waals surface area contributed by atoms with Crippen molar-refractivity contribution in [3.8, 4) is 11.5 Å². The Balaban J connectivity index is 1.76. The van der Waals surface area contributed by atoms with Gasteiger partial charge in [0, 0.05) is 5.56 Å². The summed E-state index contributed by atoms with van der Waals surface area (Å²) in [6.07, 6.45) is 1.87. The normalized spacial score (nSPS) is 15.3. The summed E-state index contributed by atoms with van der Waals surface area (Å²) in [7, 11) is 1.59. The van der Waals surface area contributed by atoms with E-state index in [4.69, 9.17) is 14.2 Å². The minimum Gasteiger partial charge on any atom is -0.497 e. The molecule has 8 heteroatoms. The zero-order chi connectivity index (χ0) is 26.8. The van der Waals surface area contributed by atoms with Crippen molar-refractivity contribution in [1.82, 2.24) is 4.57 Å². The van der Waals surface area contributed by atoms with Crippen molar-refractivity contribution in [2.24, 2.45) is 4.99 Å². The van der Waals surface area contributed by atoms with Crippen molar-refractivity contribution in [1.29, 1.82) is 0 Å². The molecule has 194 valence electrons. The van der Waals surface area contributed by atoms with Gasteiger partial charge in [-0.15, -0.1) is 0 Å². The fourth-order valence-corrected chi connectivity index (χ4v) is 5.76. The van der Waals surface area contributed by atoms with E-state index >= 15 is 0 Å². The van der Waals surface area contributed by atoms with Gasteiger partial charge in [0.2, 0.25) is 0 Å². The summed E-state index contributed by atoms with van der Waals surface area (Å²) in [5.74, 6) is 0.891. The number of hydrogen-bond acceptors (Lipinski definition) is 7. The Morgan fingerprint density at radius 2 is 1.82 bits per heavy atom. The Hall–Kier alpha value is -4.17. The predicted molar refractivity (Wildman–Crippen MR) is 149 cm³/mol. The minimum atomic E-state index is -0.683. The maximum absolute atomic E-state index is 14.0.